The SMILES string of the molecule is COc1ccc(C(O)CN(C)C(C)C(C)C)cc1OC. The molecule has 0 amide bonds. The number of nitrogens with zero attached hydrogens (tertiary/aromatic N) is 1. The van der Waals surface area contributed by atoms with Crippen molar-refractivity contribution < 1.29 is 14.6 Å². The molecule has 4 nitrogen and oxygen atoms in total. The highest BCUT2D eigenvalue weighted by Crippen LogP contribution is 2.30. The lowest BCUT2D eigenvalue weighted by molar-refractivity contribution is 0.0953. The Hall–Kier alpha value is -1.26. The Kier molecular flexibility index (Phi) is 6.30. The van der Waals surface area contributed by atoms with E-state index in [-0.39, 0.29) is 0 Å². The largest absolute Gasteiger partial charge is 0.493 e. The van der Waals surface area contributed by atoms with Gasteiger partial charge < -0.3 is 19.5 Å². The number of hydrogen-bond acceptors (Lipinski definition) is 4. The molecule has 1 aromatic carbocycles. The summed E-state index contributed by atoms with van der Waals surface area (Å²) in [6.07, 6.45) is -0.541. The third-order valence-corrected chi connectivity index (χ3v) is 3.91. The van der Waals surface area contributed by atoms with E-state index < -0.39 is 6.10 Å². The molecule has 114 valence electrons. The molecule has 0 bridgehead atoms. The van der Waals surface area contributed by atoms with Gasteiger partial charge in [0.1, 0.15) is 0 Å². The van der Waals surface area contributed by atoms with E-state index in [1.165, 1.54) is 0 Å². The fourth-order valence-electron chi connectivity index (χ4n) is 2.11. The van der Waals surface area contributed by atoms with Crippen LogP contribution in [-0.4, -0.2) is 43.9 Å². The van der Waals surface area contributed by atoms with Crippen molar-refractivity contribution in [3.63, 3.8) is 0 Å². The molecular formula is C16H27NO3. The van der Waals surface area contributed by atoms with E-state index in [0.29, 0.717) is 30.0 Å². The molecule has 0 aromatic heterocycles. The lowest BCUT2D eigenvalue weighted by Gasteiger charge is -2.29. The summed E-state index contributed by atoms with van der Waals surface area (Å²) < 4.78 is 10.5. The summed E-state index contributed by atoms with van der Waals surface area (Å²) in [5.74, 6) is 1.87. The molecule has 0 saturated carbocycles. The van der Waals surface area contributed by atoms with E-state index in [1.807, 2.05) is 25.2 Å². The second-order valence-corrected chi connectivity index (χ2v) is 5.55. The monoisotopic (exact) mass is 281 g/mol. The maximum Gasteiger partial charge on any atom is 0.161 e. The van der Waals surface area contributed by atoms with Crippen molar-refractivity contribution in [2.75, 3.05) is 27.8 Å². The second-order valence-electron chi connectivity index (χ2n) is 5.55. The lowest BCUT2D eigenvalue weighted by atomic mass is 10.0. The molecule has 0 fully saturated rings. The van der Waals surface area contributed by atoms with Crippen LogP contribution in [0, 0.1) is 5.92 Å². The molecule has 0 spiro atoms. The van der Waals surface area contributed by atoms with E-state index in [9.17, 15) is 5.11 Å². The summed E-state index contributed by atoms with van der Waals surface area (Å²) in [5.41, 5.74) is 0.838. The highest BCUT2D eigenvalue weighted by Gasteiger charge is 2.18. The topological polar surface area (TPSA) is 41.9 Å². The molecule has 0 heterocycles. The normalized spacial score (nSPS) is 14.4. The van der Waals surface area contributed by atoms with E-state index in [1.54, 1.807) is 14.2 Å². The first-order valence-corrected chi connectivity index (χ1v) is 7.00. The summed E-state index contributed by atoms with van der Waals surface area (Å²) >= 11 is 0. The van der Waals surface area contributed by atoms with Crippen molar-refractivity contribution in [3.05, 3.63) is 23.8 Å². The molecule has 2 atom stereocenters. The van der Waals surface area contributed by atoms with Crippen molar-refractivity contribution in [2.45, 2.75) is 32.9 Å². The summed E-state index contributed by atoms with van der Waals surface area (Å²) in [6.45, 7) is 7.13. The van der Waals surface area contributed by atoms with Crippen LogP contribution < -0.4 is 9.47 Å². The number of rotatable bonds is 7. The van der Waals surface area contributed by atoms with Gasteiger partial charge in [0.2, 0.25) is 0 Å². The Morgan fingerprint density at radius 1 is 1.10 bits per heavy atom. The molecule has 0 aliphatic heterocycles. The van der Waals surface area contributed by atoms with Crippen LogP contribution in [-0.2, 0) is 0 Å². The van der Waals surface area contributed by atoms with Crippen LogP contribution in [0.15, 0.2) is 18.2 Å². The van der Waals surface area contributed by atoms with Crippen molar-refractivity contribution in [2.24, 2.45) is 5.92 Å². The van der Waals surface area contributed by atoms with E-state index in [0.717, 1.165) is 5.56 Å². The van der Waals surface area contributed by atoms with E-state index in [4.69, 9.17) is 9.47 Å². The van der Waals surface area contributed by atoms with Gasteiger partial charge in [-0.2, -0.15) is 0 Å². The Bertz CT molecular complexity index is 420. The Morgan fingerprint density at radius 2 is 1.70 bits per heavy atom. The van der Waals surface area contributed by atoms with Crippen LogP contribution in [0.25, 0.3) is 0 Å². The first-order chi connectivity index (χ1) is 9.40. The first kappa shape index (κ1) is 16.8. The van der Waals surface area contributed by atoms with Crippen LogP contribution in [0.2, 0.25) is 0 Å². The minimum atomic E-state index is -0.541. The number of likely N-dealkylation sites (N-methyl/N-ethyl adjacent to an activating group) is 1. The van der Waals surface area contributed by atoms with Crippen LogP contribution in [0.5, 0.6) is 11.5 Å². The molecule has 1 N–H and O–H groups in total. The summed E-state index contributed by atoms with van der Waals surface area (Å²) in [7, 11) is 5.24. The molecule has 20 heavy (non-hydrogen) atoms. The van der Waals surface area contributed by atoms with Crippen LogP contribution in [0.4, 0.5) is 0 Å². The molecule has 0 aliphatic rings. The van der Waals surface area contributed by atoms with Crippen molar-refractivity contribution in [1.29, 1.82) is 0 Å². The second kappa shape index (κ2) is 7.50. The van der Waals surface area contributed by atoms with Gasteiger partial charge in [-0.15, -0.1) is 0 Å². The number of hydrogen-bond donors (Lipinski definition) is 1. The molecule has 0 radical (unpaired) electrons. The highest BCUT2D eigenvalue weighted by molar-refractivity contribution is 5.43. The average Bonchev–Trinajstić information content (AvgIpc) is 2.45. The third kappa shape index (κ3) is 4.12. The molecule has 0 aliphatic carbocycles. The third-order valence-electron chi connectivity index (χ3n) is 3.91. The maximum atomic E-state index is 10.4. The Morgan fingerprint density at radius 3 is 2.20 bits per heavy atom. The average molecular weight is 281 g/mol. The number of benzene rings is 1. The predicted octanol–water partition coefficient (Wildman–Crippen LogP) is 2.71. The van der Waals surface area contributed by atoms with Gasteiger partial charge >= 0.3 is 0 Å². The zero-order valence-electron chi connectivity index (χ0n) is 13.4. The minimum absolute atomic E-state index is 0.421. The van der Waals surface area contributed by atoms with E-state index >= 15 is 0 Å². The summed E-state index contributed by atoms with van der Waals surface area (Å²) in [4.78, 5) is 2.17. The molecule has 1 aromatic rings. The molecule has 1 rings (SSSR count). The summed E-state index contributed by atoms with van der Waals surface area (Å²) in [6, 6.07) is 5.95. The van der Waals surface area contributed by atoms with Gasteiger partial charge in [0.15, 0.2) is 11.5 Å². The molecule has 2 unspecified atom stereocenters. The standard InChI is InChI=1S/C16H27NO3/c1-11(2)12(3)17(4)10-14(18)13-7-8-15(19-5)16(9-13)20-6/h7-9,11-12,14,18H,10H2,1-6H3. The first-order valence-electron chi connectivity index (χ1n) is 7.00. The summed E-state index contributed by atoms with van der Waals surface area (Å²) in [5, 5.41) is 10.4. The maximum absolute atomic E-state index is 10.4. The highest BCUT2D eigenvalue weighted by atomic mass is 16.5. The van der Waals surface area contributed by atoms with Gasteiger partial charge in [-0.3, -0.25) is 0 Å². The molecular weight excluding hydrogens is 254 g/mol. The number of ether oxygens (including phenoxy) is 2. The zero-order valence-corrected chi connectivity index (χ0v) is 13.4. The van der Waals surface area contributed by atoms with Gasteiger partial charge in [-0.25, -0.2) is 0 Å². The van der Waals surface area contributed by atoms with Gasteiger partial charge in [-0.1, -0.05) is 19.9 Å². The number of aliphatic hydroxyl groups is 1. The van der Waals surface area contributed by atoms with Crippen LogP contribution in [0.1, 0.15) is 32.4 Å². The zero-order chi connectivity index (χ0) is 15.3. The lowest BCUT2D eigenvalue weighted by Crippen LogP contribution is -2.36. The van der Waals surface area contributed by atoms with Crippen molar-refractivity contribution in [1.82, 2.24) is 4.90 Å². The van der Waals surface area contributed by atoms with Gasteiger partial charge in [-0.05, 0) is 37.6 Å². The van der Waals surface area contributed by atoms with Gasteiger partial charge in [0.25, 0.3) is 0 Å². The fourth-order valence-corrected chi connectivity index (χ4v) is 2.11. The number of aliphatic hydroxyl groups excluding tert-OH is 1. The van der Waals surface area contributed by atoms with Crippen molar-refractivity contribution in [3.8, 4) is 11.5 Å². The van der Waals surface area contributed by atoms with Crippen LogP contribution >= 0.6 is 0 Å². The predicted molar refractivity (Wildman–Crippen MR) is 81.4 cm³/mol. The fraction of sp³-hybridized carbons (Fsp3) is 0.625. The Balaban J connectivity index is 2.79. The van der Waals surface area contributed by atoms with Gasteiger partial charge in [0.05, 0.1) is 20.3 Å². The molecule has 4 heteroatoms. The van der Waals surface area contributed by atoms with Crippen LogP contribution in [0.3, 0.4) is 0 Å². The minimum Gasteiger partial charge on any atom is -0.493 e. The van der Waals surface area contributed by atoms with Gasteiger partial charge in [0, 0.05) is 12.6 Å². The Labute approximate surface area is 122 Å². The quantitative estimate of drug-likeness (QED) is 0.834. The number of methoxy groups -OCH3 is 2. The molecule has 0 saturated heterocycles. The smallest absolute Gasteiger partial charge is 0.161 e. The van der Waals surface area contributed by atoms with Crippen molar-refractivity contribution >= 4 is 0 Å². The van der Waals surface area contributed by atoms with E-state index in [2.05, 4.69) is 25.7 Å².